The van der Waals surface area contributed by atoms with Crippen LogP contribution >= 0.6 is 0 Å². The zero-order chi connectivity index (χ0) is 15.6. The van der Waals surface area contributed by atoms with E-state index >= 15 is 0 Å². The first-order valence-electron chi connectivity index (χ1n) is 6.88. The molecule has 1 aromatic rings. The van der Waals surface area contributed by atoms with Crippen LogP contribution in [0.1, 0.15) is 43.4 Å². The first-order chi connectivity index (χ1) is 9.90. The van der Waals surface area contributed by atoms with Crippen LogP contribution in [0.3, 0.4) is 0 Å². The van der Waals surface area contributed by atoms with E-state index in [4.69, 9.17) is 5.73 Å². The molecule has 0 aliphatic carbocycles. The van der Waals surface area contributed by atoms with Gasteiger partial charge in [-0.3, -0.25) is 9.59 Å². The van der Waals surface area contributed by atoms with E-state index in [1.165, 1.54) is 17.0 Å². The molecule has 2 unspecified atom stereocenters. The highest BCUT2D eigenvalue weighted by atomic mass is 19.3. The summed E-state index contributed by atoms with van der Waals surface area (Å²) in [5.74, 6) is -1.42. The van der Waals surface area contributed by atoms with Gasteiger partial charge in [0, 0.05) is 12.1 Å². The highest BCUT2D eigenvalue weighted by Crippen LogP contribution is 2.34. The molecule has 0 spiro atoms. The average Bonchev–Trinajstić information content (AvgIpc) is 2.46. The molecule has 1 fully saturated rings. The van der Waals surface area contributed by atoms with Gasteiger partial charge in [-0.25, -0.2) is 8.78 Å². The number of carbonyl (C=O) groups is 2. The molecule has 0 bridgehead atoms. The molecule has 114 valence electrons. The van der Waals surface area contributed by atoms with Crippen molar-refractivity contribution >= 4 is 11.8 Å². The Bertz CT molecular complexity index is 531. The van der Waals surface area contributed by atoms with Gasteiger partial charge in [0.05, 0.1) is 6.04 Å². The summed E-state index contributed by atoms with van der Waals surface area (Å²) in [7, 11) is 0. The van der Waals surface area contributed by atoms with Crippen molar-refractivity contribution in [3.8, 4) is 0 Å². The van der Waals surface area contributed by atoms with Crippen LogP contribution in [0.15, 0.2) is 24.3 Å². The summed E-state index contributed by atoms with van der Waals surface area (Å²) >= 11 is 0. The van der Waals surface area contributed by atoms with Crippen molar-refractivity contribution < 1.29 is 18.4 Å². The molecule has 1 aliphatic rings. The largest absolute Gasteiger partial charge is 0.361 e. The van der Waals surface area contributed by atoms with E-state index in [1.54, 1.807) is 12.1 Å². The van der Waals surface area contributed by atoms with Gasteiger partial charge in [-0.1, -0.05) is 31.2 Å². The van der Waals surface area contributed by atoms with Gasteiger partial charge in [-0.05, 0) is 24.3 Å². The van der Waals surface area contributed by atoms with Crippen LogP contribution in [0, 0.1) is 5.92 Å². The highest BCUT2D eigenvalue weighted by Gasteiger charge is 2.33. The molecule has 2 amide bonds. The maximum atomic E-state index is 12.6. The number of carbonyl (C=O) groups excluding carboxylic acids is 2. The Morgan fingerprint density at radius 1 is 1.24 bits per heavy atom. The van der Waals surface area contributed by atoms with E-state index in [0.29, 0.717) is 13.0 Å². The monoisotopic (exact) mass is 296 g/mol. The molecular weight excluding hydrogens is 278 g/mol. The second-order valence-electron chi connectivity index (χ2n) is 5.49. The number of rotatable bonds is 2. The summed E-state index contributed by atoms with van der Waals surface area (Å²) in [5, 5.41) is 0. The first kappa shape index (κ1) is 15.4. The molecule has 0 radical (unpaired) electrons. The normalized spacial score (nSPS) is 22.4. The van der Waals surface area contributed by atoms with Crippen LogP contribution in [-0.2, 0) is 9.59 Å². The third-order valence-electron chi connectivity index (χ3n) is 3.86. The lowest BCUT2D eigenvalue weighted by Gasteiger charge is -2.38. The number of halogens is 2. The van der Waals surface area contributed by atoms with Crippen LogP contribution in [-0.4, -0.2) is 23.3 Å². The maximum Gasteiger partial charge on any atom is 0.312 e. The van der Waals surface area contributed by atoms with Crippen LogP contribution in [0.2, 0.25) is 0 Å². The Morgan fingerprint density at radius 2 is 1.86 bits per heavy atom. The molecule has 1 heterocycles. The van der Waals surface area contributed by atoms with E-state index in [-0.39, 0.29) is 17.5 Å². The Labute approximate surface area is 121 Å². The Morgan fingerprint density at radius 3 is 2.38 bits per heavy atom. The lowest BCUT2D eigenvalue weighted by molar-refractivity contribution is -0.147. The van der Waals surface area contributed by atoms with Crippen molar-refractivity contribution in [1.82, 2.24) is 4.90 Å². The van der Waals surface area contributed by atoms with Crippen LogP contribution < -0.4 is 5.73 Å². The van der Waals surface area contributed by atoms with E-state index in [2.05, 4.69) is 0 Å². The molecule has 0 saturated carbocycles. The van der Waals surface area contributed by atoms with Crippen molar-refractivity contribution in [3.05, 3.63) is 35.4 Å². The molecule has 1 aromatic carbocycles. The summed E-state index contributed by atoms with van der Waals surface area (Å²) in [4.78, 5) is 24.5. The van der Waals surface area contributed by atoms with Gasteiger partial charge >= 0.3 is 11.8 Å². The standard InChI is InChI=1S/C15H18F2N2O2/c1-9-2-7-12(19(8-9)15(21)14(18)20)10-3-5-11(6-4-10)13(16)17/h3-6,9,12-13H,2,7-8H2,1H3,(H2,18,20). The summed E-state index contributed by atoms with van der Waals surface area (Å²) in [6, 6.07) is 5.59. The molecule has 0 aromatic heterocycles. The van der Waals surface area contributed by atoms with Crippen LogP contribution in [0.25, 0.3) is 0 Å². The van der Waals surface area contributed by atoms with E-state index in [0.717, 1.165) is 12.0 Å². The quantitative estimate of drug-likeness (QED) is 0.852. The number of piperidine rings is 1. The van der Waals surface area contributed by atoms with Gasteiger partial charge in [0.25, 0.3) is 6.43 Å². The predicted molar refractivity (Wildman–Crippen MR) is 73.4 cm³/mol. The number of amides is 2. The lowest BCUT2D eigenvalue weighted by atomic mass is 9.89. The Balaban J connectivity index is 2.26. The highest BCUT2D eigenvalue weighted by molar-refractivity contribution is 6.34. The number of alkyl halides is 2. The minimum Gasteiger partial charge on any atom is -0.361 e. The predicted octanol–water partition coefficient (Wildman–Crippen LogP) is 2.41. The van der Waals surface area contributed by atoms with Crippen molar-refractivity contribution in [1.29, 1.82) is 0 Å². The van der Waals surface area contributed by atoms with Crippen molar-refractivity contribution in [2.45, 2.75) is 32.2 Å². The number of hydrogen-bond donors (Lipinski definition) is 1. The second kappa shape index (κ2) is 6.20. The first-order valence-corrected chi connectivity index (χ1v) is 6.88. The van der Waals surface area contributed by atoms with Gasteiger partial charge < -0.3 is 10.6 Å². The van der Waals surface area contributed by atoms with Crippen molar-refractivity contribution in [3.63, 3.8) is 0 Å². The van der Waals surface area contributed by atoms with Crippen LogP contribution in [0.4, 0.5) is 8.78 Å². The van der Waals surface area contributed by atoms with E-state index in [1.807, 2.05) is 6.92 Å². The number of nitrogens with zero attached hydrogens (tertiary/aromatic N) is 1. The van der Waals surface area contributed by atoms with Gasteiger partial charge in [-0.15, -0.1) is 0 Å². The summed E-state index contributed by atoms with van der Waals surface area (Å²) in [5.41, 5.74) is 5.78. The number of benzene rings is 1. The Hall–Kier alpha value is -1.98. The average molecular weight is 296 g/mol. The molecular formula is C15H18F2N2O2. The van der Waals surface area contributed by atoms with Crippen LogP contribution in [0.5, 0.6) is 0 Å². The smallest absolute Gasteiger partial charge is 0.312 e. The van der Waals surface area contributed by atoms with Crippen molar-refractivity contribution in [2.75, 3.05) is 6.54 Å². The second-order valence-corrected chi connectivity index (χ2v) is 5.49. The zero-order valence-corrected chi connectivity index (χ0v) is 11.8. The number of primary amides is 1. The fraction of sp³-hybridized carbons (Fsp3) is 0.467. The molecule has 21 heavy (non-hydrogen) atoms. The van der Waals surface area contributed by atoms with Gasteiger partial charge in [-0.2, -0.15) is 0 Å². The minimum absolute atomic E-state index is 0.0595. The SMILES string of the molecule is CC1CCC(c2ccc(C(F)F)cc2)N(C(=O)C(N)=O)C1. The molecule has 2 rings (SSSR count). The zero-order valence-electron chi connectivity index (χ0n) is 11.8. The minimum atomic E-state index is -2.52. The molecule has 6 heteroatoms. The Kier molecular flexibility index (Phi) is 4.55. The fourth-order valence-corrected chi connectivity index (χ4v) is 2.73. The van der Waals surface area contributed by atoms with Crippen molar-refractivity contribution in [2.24, 2.45) is 11.7 Å². The molecule has 2 atom stereocenters. The topological polar surface area (TPSA) is 63.4 Å². The van der Waals surface area contributed by atoms with Gasteiger partial charge in [0.2, 0.25) is 0 Å². The molecule has 2 N–H and O–H groups in total. The molecule has 1 aliphatic heterocycles. The maximum absolute atomic E-state index is 12.6. The van der Waals surface area contributed by atoms with Gasteiger partial charge in [0.1, 0.15) is 0 Å². The summed E-state index contributed by atoms with van der Waals surface area (Å²) in [6.45, 7) is 2.44. The van der Waals surface area contributed by atoms with E-state index in [9.17, 15) is 18.4 Å². The number of likely N-dealkylation sites (tertiary alicyclic amines) is 1. The third kappa shape index (κ3) is 3.37. The third-order valence-corrected chi connectivity index (χ3v) is 3.86. The van der Waals surface area contributed by atoms with E-state index < -0.39 is 18.2 Å². The number of nitrogens with two attached hydrogens (primary N) is 1. The molecule has 4 nitrogen and oxygen atoms in total. The summed E-state index contributed by atoms with van der Waals surface area (Å²) in [6.07, 6.45) is -0.924. The summed E-state index contributed by atoms with van der Waals surface area (Å²) < 4.78 is 25.2. The lowest BCUT2D eigenvalue weighted by Crippen LogP contribution is -2.46. The van der Waals surface area contributed by atoms with Gasteiger partial charge in [0.15, 0.2) is 0 Å². The number of hydrogen-bond acceptors (Lipinski definition) is 2. The fourth-order valence-electron chi connectivity index (χ4n) is 2.73. The molecule has 1 saturated heterocycles.